The zero-order valence-corrected chi connectivity index (χ0v) is 20.6. The van der Waals surface area contributed by atoms with Crippen molar-refractivity contribution >= 4 is 46.5 Å². The normalized spacial score (nSPS) is 20.7. The lowest BCUT2D eigenvalue weighted by atomic mass is 9.90. The summed E-state index contributed by atoms with van der Waals surface area (Å²) in [5.41, 5.74) is 3.72. The van der Waals surface area contributed by atoms with Crippen molar-refractivity contribution in [3.63, 3.8) is 0 Å². The van der Waals surface area contributed by atoms with Crippen LogP contribution in [0.4, 0.5) is 0 Å². The van der Waals surface area contributed by atoms with Crippen LogP contribution in [0.3, 0.4) is 0 Å². The molecule has 0 spiro atoms. The highest BCUT2D eigenvalue weighted by Crippen LogP contribution is 2.26. The number of thiazole rings is 1. The number of benzene rings is 1. The minimum Gasteiger partial charge on any atom is -0.351 e. The predicted molar refractivity (Wildman–Crippen MR) is 133 cm³/mol. The molecule has 3 heterocycles. The summed E-state index contributed by atoms with van der Waals surface area (Å²) in [6.07, 6.45) is 4.69. The van der Waals surface area contributed by atoms with Gasteiger partial charge in [-0.25, -0.2) is 4.98 Å². The van der Waals surface area contributed by atoms with E-state index in [9.17, 15) is 9.59 Å². The van der Waals surface area contributed by atoms with E-state index in [0.29, 0.717) is 10.7 Å². The number of nitrogens with one attached hydrogen (secondary N) is 3. The number of nitrogens with zero attached hydrogens (tertiary/aromatic N) is 2. The van der Waals surface area contributed by atoms with E-state index in [0.717, 1.165) is 67.4 Å². The molecule has 1 saturated carbocycles. The Morgan fingerprint density at radius 1 is 1.12 bits per heavy atom. The second-order valence-corrected chi connectivity index (χ2v) is 10.2. The summed E-state index contributed by atoms with van der Waals surface area (Å²) in [7, 11) is 2.09. The molecule has 1 aliphatic heterocycles. The predicted octanol–water partition coefficient (Wildman–Crippen LogP) is 3.81. The molecule has 0 saturated heterocycles. The Morgan fingerprint density at radius 2 is 1.85 bits per heavy atom. The van der Waals surface area contributed by atoms with Crippen molar-refractivity contribution in [2.45, 2.75) is 57.7 Å². The van der Waals surface area contributed by atoms with Crippen molar-refractivity contribution in [1.82, 2.24) is 25.5 Å². The molecule has 1 aliphatic carbocycles. The molecule has 2 atom stereocenters. The Morgan fingerprint density at radius 3 is 2.61 bits per heavy atom. The van der Waals surface area contributed by atoms with Gasteiger partial charge in [-0.2, -0.15) is 0 Å². The number of rotatable bonds is 4. The first kappa shape index (κ1) is 23.7. The van der Waals surface area contributed by atoms with Crippen LogP contribution in [0.1, 0.15) is 62.1 Å². The number of aromatic amines is 1. The molecule has 2 aliphatic rings. The van der Waals surface area contributed by atoms with Gasteiger partial charge in [0.15, 0.2) is 5.01 Å². The number of carbonyl (C=O) groups excluding carboxylic acids is 2. The average Bonchev–Trinajstić information content (AvgIpc) is 3.38. The second kappa shape index (κ2) is 9.83. The van der Waals surface area contributed by atoms with Crippen molar-refractivity contribution in [3.05, 3.63) is 51.1 Å². The van der Waals surface area contributed by atoms with Gasteiger partial charge in [0.1, 0.15) is 5.69 Å². The highest BCUT2D eigenvalue weighted by Gasteiger charge is 2.30. The van der Waals surface area contributed by atoms with E-state index in [1.54, 1.807) is 0 Å². The Kier molecular flexibility index (Phi) is 7.07. The van der Waals surface area contributed by atoms with E-state index in [1.165, 1.54) is 16.2 Å². The summed E-state index contributed by atoms with van der Waals surface area (Å²) in [5, 5.41) is 7.89. The van der Waals surface area contributed by atoms with Crippen molar-refractivity contribution in [3.8, 4) is 0 Å². The zero-order chi connectivity index (χ0) is 22.2. The summed E-state index contributed by atoms with van der Waals surface area (Å²) in [6.45, 7) is 3.87. The number of hydrogen-bond donors (Lipinski definition) is 3. The first-order chi connectivity index (χ1) is 15.5. The molecule has 0 unspecified atom stereocenters. The van der Waals surface area contributed by atoms with Crippen molar-refractivity contribution in [1.29, 1.82) is 0 Å². The molecule has 3 N–H and O–H groups in total. The molecule has 0 radical (unpaired) electrons. The van der Waals surface area contributed by atoms with Crippen molar-refractivity contribution in [2.75, 3.05) is 13.6 Å². The third-order valence-corrected chi connectivity index (χ3v) is 7.62. The fourth-order valence-electron chi connectivity index (χ4n) is 4.75. The van der Waals surface area contributed by atoms with Gasteiger partial charge in [0.25, 0.3) is 11.8 Å². The van der Waals surface area contributed by atoms with E-state index in [1.807, 2.05) is 25.1 Å². The first-order valence-corrected chi connectivity index (χ1v) is 12.2. The van der Waals surface area contributed by atoms with Crippen LogP contribution >= 0.6 is 23.7 Å². The smallest absolute Gasteiger partial charge is 0.280 e. The molecule has 176 valence electrons. The van der Waals surface area contributed by atoms with Gasteiger partial charge in [-0.3, -0.25) is 9.59 Å². The van der Waals surface area contributed by atoms with Gasteiger partial charge in [0.05, 0.1) is 5.69 Å². The van der Waals surface area contributed by atoms with E-state index in [2.05, 4.69) is 38.6 Å². The second-order valence-electron chi connectivity index (χ2n) is 9.09. The molecular formula is C24H30ClN5O2S. The molecule has 2 amide bonds. The Labute approximate surface area is 203 Å². The van der Waals surface area contributed by atoms with E-state index in [-0.39, 0.29) is 36.3 Å². The fraction of sp³-hybridized carbons (Fsp3) is 0.458. The third kappa shape index (κ3) is 5.08. The van der Waals surface area contributed by atoms with Crippen LogP contribution in [0.25, 0.3) is 10.9 Å². The molecule has 7 nitrogen and oxygen atoms in total. The fourth-order valence-corrected chi connectivity index (χ4v) is 5.84. The SMILES string of the molecule is Cc1ccc2[nH]c(C(=O)N[C@H]3CCCC[C@H]3NC(=O)c3nc4c(s3)CN(C)CC4)cc2c1.Cl. The highest BCUT2D eigenvalue weighted by molar-refractivity contribution is 7.13. The Balaban J connectivity index is 0.00000259. The number of aromatic nitrogens is 2. The summed E-state index contributed by atoms with van der Waals surface area (Å²) < 4.78 is 0. The van der Waals surface area contributed by atoms with Crippen LogP contribution in [-0.2, 0) is 13.0 Å². The van der Waals surface area contributed by atoms with Gasteiger partial charge in [-0.15, -0.1) is 23.7 Å². The van der Waals surface area contributed by atoms with E-state index >= 15 is 0 Å². The van der Waals surface area contributed by atoms with Gasteiger partial charge in [-0.05, 0) is 45.0 Å². The molecule has 2 aromatic heterocycles. The lowest BCUT2D eigenvalue weighted by Crippen LogP contribution is -2.53. The Hall–Kier alpha value is -2.42. The largest absolute Gasteiger partial charge is 0.351 e. The maximum absolute atomic E-state index is 13.0. The van der Waals surface area contributed by atoms with Crippen LogP contribution < -0.4 is 10.6 Å². The minimum absolute atomic E-state index is 0. The summed E-state index contributed by atoms with van der Waals surface area (Å²) in [5.74, 6) is -0.253. The number of carbonyl (C=O) groups is 2. The number of halogens is 1. The topological polar surface area (TPSA) is 90.1 Å². The van der Waals surface area contributed by atoms with Crippen LogP contribution in [0.5, 0.6) is 0 Å². The number of H-pyrrole nitrogens is 1. The maximum atomic E-state index is 13.0. The van der Waals surface area contributed by atoms with Crippen LogP contribution in [0.15, 0.2) is 24.3 Å². The van der Waals surface area contributed by atoms with Gasteiger partial charge in [0, 0.05) is 47.4 Å². The molecule has 3 aromatic rings. The first-order valence-electron chi connectivity index (χ1n) is 11.3. The number of likely N-dealkylation sites (N-methyl/N-ethyl adjacent to an activating group) is 1. The maximum Gasteiger partial charge on any atom is 0.280 e. The third-order valence-electron chi connectivity index (χ3n) is 6.54. The standard InChI is InChI=1S/C24H29N5O2S.ClH/c1-14-7-8-16-15(11-14)12-20(25-16)22(30)26-17-5-3-4-6-18(17)27-23(31)24-28-19-9-10-29(2)13-21(19)32-24;/h7-8,11-12,17-18,25H,3-6,9-10,13H2,1-2H3,(H,26,30)(H,27,31);1H/t17-,18+;/m0./s1. The summed E-state index contributed by atoms with van der Waals surface area (Å²) in [6, 6.07) is 7.81. The number of fused-ring (bicyclic) bond motifs is 2. The number of hydrogen-bond acceptors (Lipinski definition) is 5. The zero-order valence-electron chi connectivity index (χ0n) is 18.9. The monoisotopic (exact) mass is 487 g/mol. The highest BCUT2D eigenvalue weighted by atomic mass is 35.5. The van der Waals surface area contributed by atoms with E-state index in [4.69, 9.17) is 0 Å². The van der Waals surface area contributed by atoms with Gasteiger partial charge in [0.2, 0.25) is 0 Å². The van der Waals surface area contributed by atoms with Gasteiger partial charge >= 0.3 is 0 Å². The molecule has 1 aromatic carbocycles. The Bertz CT molecular complexity index is 1170. The van der Waals surface area contributed by atoms with E-state index < -0.39 is 0 Å². The van der Waals surface area contributed by atoms with Crippen LogP contribution in [-0.4, -0.2) is 52.4 Å². The van der Waals surface area contributed by atoms with Crippen LogP contribution in [0, 0.1) is 6.92 Å². The summed E-state index contributed by atoms with van der Waals surface area (Å²) >= 11 is 1.49. The molecule has 5 rings (SSSR count). The lowest BCUT2D eigenvalue weighted by Gasteiger charge is -2.32. The molecule has 1 fully saturated rings. The van der Waals surface area contributed by atoms with Crippen molar-refractivity contribution in [2.24, 2.45) is 0 Å². The van der Waals surface area contributed by atoms with Crippen molar-refractivity contribution < 1.29 is 9.59 Å². The number of aryl methyl sites for hydroxylation is 1. The minimum atomic E-state index is -0.127. The number of amides is 2. The average molecular weight is 488 g/mol. The van der Waals surface area contributed by atoms with Crippen LogP contribution in [0.2, 0.25) is 0 Å². The molecule has 9 heteroatoms. The lowest BCUT2D eigenvalue weighted by molar-refractivity contribution is 0.0860. The molecular weight excluding hydrogens is 458 g/mol. The van der Waals surface area contributed by atoms with Gasteiger partial charge < -0.3 is 20.5 Å². The quantitative estimate of drug-likeness (QED) is 0.522. The van der Waals surface area contributed by atoms with Gasteiger partial charge in [-0.1, -0.05) is 24.5 Å². The molecule has 0 bridgehead atoms. The molecule has 33 heavy (non-hydrogen) atoms. The summed E-state index contributed by atoms with van der Waals surface area (Å²) in [4.78, 5) is 37.2.